The standard InChI is InChI=1S/C15H18ClFN2O3/c1-15(13(20)21)5-7-19(9-15)14(22)18-6-4-10-2-3-11(17)8-12(10)16/h2-3,8H,4-7,9H2,1H3,(H,18,22)(H,20,21). The first-order valence-corrected chi connectivity index (χ1v) is 7.40. The van der Waals surface area contributed by atoms with Gasteiger partial charge in [-0.3, -0.25) is 4.79 Å². The maximum absolute atomic E-state index is 12.9. The molecule has 1 heterocycles. The van der Waals surface area contributed by atoms with Gasteiger partial charge in [0.05, 0.1) is 5.41 Å². The molecule has 0 aromatic heterocycles. The molecule has 0 radical (unpaired) electrons. The molecule has 1 atom stereocenters. The largest absolute Gasteiger partial charge is 0.481 e. The van der Waals surface area contributed by atoms with Crippen molar-refractivity contribution in [2.45, 2.75) is 19.8 Å². The molecular weight excluding hydrogens is 311 g/mol. The summed E-state index contributed by atoms with van der Waals surface area (Å²) in [5.74, 6) is -1.29. The zero-order chi connectivity index (χ0) is 16.3. The Balaban J connectivity index is 1.83. The fraction of sp³-hybridized carbons (Fsp3) is 0.467. The first kappa shape index (κ1) is 16.5. The van der Waals surface area contributed by atoms with Crippen LogP contribution in [0.25, 0.3) is 0 Å². The van der Waals surface area contributed by atoms with Gasteiger partial charge in [0.2, 0.25) is 0 Å². The van der Waals surface area contributed by atoms with E-state index in [9.17, 15) is 14.0 Å². The molecule has 120 valence electrons. The molecule has 1 aromatic carbocycles. The Morgan fingerprint density at radius 1 is 1.50 bits per heavy atom. The van der Waals surface area contributed by atoms with Crippen molar-refractivity contribution in [1.29, 1.82) is 0 Å². The molecule has 0 bridgehead atoms. The van der Waals surface area contributed by atoms with Crippen LogP contribution >= 0.6 is 11.6 Å². The van der Waals surface area contributed by atoms with E-state index in [1.165, 1.54) is 17.0 Å². The van der Waals surface area contributed by atoms with E-state index in [0.717, 1.165) is 5.56 Å². The molecule has 1 saturated heterocycles. The van der Waals surface area contributed by atoms with Gasteiger partial charge in [-0.15, -0.1) is 0 Å². The second-order valence-corrected chi connectivity index (χ2v) is 6.16. The van der Waals surface area contributed by atoms with Gasteiger partial charge in [0.25, 0.3) is 0 Å². The predicted octanol–water partition coefficient (Wildman–Crippen LogP) is 2.53. The molecule has 5 nitrogen and oxygen atoms in total. The minimum absolute atomic E-state index is 0.200. The minimum Gasteiger partial charge on any atom is -0.481 e. The Hall–Kier alpha value is -1.82. The lowest BCUT2D eigenvalue weighted by Crippen LogP contribution is -2.41. The van der Waals surface area contributed by atoms with Gasteiger partial charge in [0, 0.05) is 24.7 Å². The van der Waals surface area contributed by atoms with Crippen LogP contribution in [0.4, 0.5) is 9.18 Å². The van der Waals surface area contributed by atoms with Gasteiger partial charge in [0.1, 0.15) is 5.82 Å². The number of nitrogens with zero attached hydrogens (tertiary/aromatic N) is 1. The molecule has 2 N–H and O–H groups in total. The maximum Gasteiger partial charge on any atom is 0.317 e. The normalized spacial score (nSPS) is 21.0. The van der Waals surface area contributed by atoms with Crippen LogP contribution in [0.2, 0.25) is 5.02 Å². The van der Waals surface area contributed by atoms with Crippen molar-refractivity contribution in [3.63, 3.8) is 0 Å². The Morgan fingerprint density at radius 3 is 2.82 bits per heavy atom. The summed E-state index contributed by atoms with van der Waals surface area (Å²) >= 11 is 5.92. The van der Waals surface area contributed by atoms with E-state index in [2.05, 4.69) is 5.32 Å². The summed E-state index contributed by atoms with van der Waals surface area (Å²) in [5.41, 5.74) is -0.127. The summed E-state index contributed by atoms with van der Waals surface area (Å²) in [4.78, 5) is 24.7. The molecule has 1 aliphatic rings. The molecule has 2 rings (SSSR count). The van der Waals surface area contributed by atoms with E-state index in [4.69, 9.17) is 16.7 Å². The fourth-order valence-corrected chi connectivity index (χ4v) is 2.71. The molecular formula is C15H18ClFN2O3. The smallest absolute Gasteiger partial charge is 0.317 e. The van der Waals surface area contributed by atoms with Gasteiger partial charge in [-0.2, -0.15) is 0 Å². The molecule has 0 saturated carbocycles. The van der Waals surface area contributed by atoms with Crippen LogP contribution in [0.5, 0.6) is 0 Å². The first-order valence-electron chi connectivity index (χ1n) is 7.02. The average Bonchev–Trinajstić information content (AvgIpc) is 2.85. The van der Waals surface area contributed by atoms with Gasteiger partial charge in [0.15, 0.2) is 0 Å². The third-order valence-corrected chi connectivity index (χ3v) is 4.31. The zero-order valence-electron chi connectivity index (χ0n) is 12.2. The van der Waals surface area contributed by atoms with E-state index < -0.39 is 17.2 Å². The number of carboxylic acid groups (broad SMARTS) is 1. The summed E-state index contributed by atoms with van der Waals surface area (Å²) in [5, 5.41) is 12.2. The van der Waals surface area contributed by atoms with Gasteiger partial charge in [-0.25, -0.2) is 9.18 Å². The average molecular weight is 329 g/mol. The topological polar surface area (TPSA) is 69.6 Å². The molecule has 0 aliphatic carbocycles. The van der Waals surface area contributed by atoms with Gasteiger partial charge in [-0.1, -0.05) is 17.7 Å². The second kappa shape index (κ2) is 6.52. The Morgan fingerprint density at radius 2 is 2.23 bits per heavy atom. The summed E-state index contributed by atoms with van der Waals surface area (Å²) in [6.45, 7) is 2.61. The zero-order valence-corrected chi connectivity index (χ0v) is 13.0. The minimum atomic E-state index is -0.888. The molecule has 1 aliphatic heterocycles. The Kier molecular flexibility index (Phi) is 4.90. The summed E-state index contributed by atoms with van der Waals surface area (Å²) in [7, 11) is 0. The number of hydrogen-bond donors (Lipinski definition) is 2. The van der Waals surface area contributed by atoms with E-state index in [1.807, 2.05) is 0 Å². The number of carboxylic acids is 1. The number of likely N-dealkylation sites (tertiary alicyclic amines) is 1. The number of hydrogen-bond acceptors (Lipinski definition) is 2. The first-order chi connectivity index (χ1) is 10.3. The fourth-order valence-electron chi connectivity index (χ4n) is 2.45. The summed E-state index contributed by atoms with van der Waals surface area (Å²) < 4.78 is 12.9. The molecule has 0 spiro atoms. The van der Waals surface area contributed by atoms with Crippen LogP contribution in [0.3, 0.4) is 0 Å². The predicted molar refractivity (Wildman–Crippen MR) is 80.4 cm³/mol. The van der Waals surface area contributed by atoms with E-state index in [-0.39, 0.29) is 12.6 Å². The Bertz CT molecular complexity index is 596. The number of aliphatic carboxylic acids is 1. The van der Waals surface area contributed by atoms with E-state index >= 15 is 0 Å². The highest BCUT2D eigenvalue weighted by Gasteiger charge is 2.42. The van der Waals surface area contributed by atoms with Crippen LogP contribution < -0.4 is 5.32 Å². The molecule has 1 aromatic rings. The van der Waals surface area contributed by atoms with Crippen molar-refractivity contribution in [3.05, 3.63) is 34.6 Å². The number of benzene rings is 1. The van der Waals surface area contributed by atoms with Crippen molar-refractivity contribution in [2.24, 2.45) is 5.41 Å². The van der Waals surface area contributed by atoms with Gasteiger partial charge < -0.3 is 15.3 Å². The molecule has 22 heavy (non-hydrogen) atoms. The van der Waals surface area contributed by atoms with Crippen molar-refractivity contribution in [2.75, 3.05) is 19.6 Å². The number of carbonyl (C=O) groups excluding carboxylic acids is 1. The van der Waals surface area contributed by atoms with Crippen molar-refractivity contribution in [3.8, 4) is 0 Å². The lowest BCUT2D eigenvalue weighted by Gasteiger charge is -2.20. The lowest BCUT2D eigenvalue weighted by atomic mass is 9.90. The summed E-state index contributed by atoms with van der Waals surface area (Å²) in [6, 6.07) is 3.85. The monoisotopic (exact) mass is 328 g/mol. The van der Waals surface area contributed by atoms with Gasteiger partial charge >= 0.3 is 12.0 Å². The third-order valence-electron chi connectivity index (χ3n) is 3.96. The van der Waals surface area contributed by atoms with Crippen molar-refractivity contribution in [1.82, 2.24) is 10.2 Å². The van der Waals surface area contributed by atoms with Crippen LogP contribution in [0.15, 0.2) is 18.2 Å². The number of nitrogens with one attached hydrogen (secondary N) is 1. The van der Waals surface area contributed by atoms with Crippen LogP contribution in [0.1, 0.15) is 18.9 Å². The lowest BCUT2D eigenvalue weighted by molar-refractivity contribution is -0.146. The SMILES string of the molecule is CC1(C(=O)O)CCN(C(=O)NCCc2ccc(F)cc2Cl)C1. The molecule has 7 heteroatoms. The van der Waals surface area contributed by atoms with E-state index in [0.29, 0.717) is 31.0 Å². The highest BCUT2D eigenvalue weighted by molar-refractivity contribution is 6.31. The van der Waals surface area contributed by atoms with Crippen LogP contribution in [-0.2, 0) is 11.2 Å². The molecule has 1 fully saturated rings. The molecule has 2 amide bonds. The maximum atomic E-state index is 12.9. The third kappa shape index (κ3) is 3.68. The number of urea groups is 1. The number of amides is 2. The second-order valence-electron chi connectivity index (χ2n) is 5.76. The van der Waals surface area contributed by atoms with E-state index in [1.54, 1.807) is 13.0 Å². The molecule has 1 unspecified atom stereocenters. The van der Waals surface area contributed by atoms with Crippen LogP contribution in [-0.4, -0.2) is 41.6 Å². The quantitative estimate of drug-likeness (QED) is 0.892. The highest BCUT2D eigenvalue weighted by Crippen LogP contribution is 2.29. The van der Waals surface area contributed by atoms with Gasteiger partial charge in [-0.05, 0) is 37.5 Å². The number of rotatable bonds is 4. The number of carbonyl (C=O) groups is 2. The number of halogens is 2. The van der Waals surface area contributed by atoms with Crippen molar-refractivity contribution < 1.29 is 19.1 Å². The summed E-state index contributed by atoms with van der Waals surface area (Å²) in [6.07, 6.45) is 0.925. The van der Waals surface area contributed by atoms with Crippen molar-refractivity contribution >= 4 is 23.6 Å². The van der Waals surface area contributed by atoms with Crippen LogP contribution in [0, 0.1) is 11.2 Å². The highest BCUT2D eigenvalue weighted by atomic mass is 35.5. The Labute approximate surface area is 133 Å².